The number of likely N-dealkylation sites (N-methyl/N-ethyl adjacent to an activating group) is 2. The average Bonchev–Trinajstić information content (AvgIpc) is 3.29. The van der Waals surface area contributed by atoms with Crippen molar-refractivity contribution in [3.63, 3.8) is 0 Å². The third-order valence-electron chi connectivity index (χ3n) is 7.96. The Labute approximate surface area is 228 Å². The number of para-hydroxylation sites is 2. The summed E-state index contributed by atoms with van der Waals surface area (Å²) in [6.45, 7) is 9.15. The zero-order chi connectivity index (χ0) is 25.7. The second-order valence-electron chi connectivity index (χ2n) is 10.7. The molecule has 182 valence electrons. The Balaban J connectivity index is 1.59. The zero-order valence-corrected chi connectivity index (χ0v) is 24.3. The molecule has 0 radical (unpaired) electrons. The number of anilines is 3. The first-order valence-corrected chi connectivity index (χ1v) is 13.9. The molecule has 5 nitrogen and oxygen atoms in total. The van der Waals surface area contributed by atoms with E-state index in [1.54, 1.807) is 63.1 Å². The van der Waals surface area contributed by atoms with Crippen molar-refractivity contribution in [3.8, 4) is 0 Å². The van der Waals surface area contributed by atoms with Gasteiger partial charge in [0.05, 0.1) is 0 Å². The molecule has 0 atom stereocenters. The number of fused-ring (bicyclic) bond motifs is 4. The minimum absolute atomic E-state index is 0.126. The number of hydrogen-bond donors (Lipinski definition) is 0. The van der Waals surface area contributed by atoms with Gasteiger partial charge in [-0.3, -0.25) is 0 Å². The maximum atomic E-state index is 13.0. The molecule has 0 spiro atoms. The van der Waals surface area contributed by atoms with E-state index in [9.17, 15) is 9.59 Å². The van der Waals surface area contributed by atoms with Gasteiger partial charge in [0.15, 0.2) is 0 Å². The molecule has 0 aliphatic carbocycles. The van der Waals surface area contributed by atoms with Crippen molar-refractivity contribution < 1.29 is 9.59 Å². The Morgan fingerprint density at radius 1 is 0.806 bits per heavy atom. The van der Waals surface area contributed by atoms with Gasteiger partial charge in [-0.05, 0) is 0 Å². The number of amides is 2. The van der Waals surface area contributed by atoms with Crippen LogP contribution < -0.4 is 4.90 Å². The number of hydrogen-bond acceptors (Lipinski definition) is 4. The fraction of sp³-hybridized carbons (Fsp3) is 0.276. The molecule has 0 bridgehead atoms. The Morgan fingerprint density at radius 2 is 1.36 bits per heavy atom. The van der Waals surface area contributed by atoms with Crippen molar-refractivity contribution in [2.75, 3.05) is 19.0 Å². The van der Waals surface area contributed by atoms with Gasteiger partial charge in [0, 0.05) is 0 Å². The summed E-state index contributed by atoms with van der Waals surface area (Å²) in [6, 6.07) is 17.5. The van der Waals surface area contributed by atoms with Crippen LogP contribution in [0.3, 0.4) is 0 Å². The molecule has 6 rings (SSSR count). The van der Waals surface area contributed by atoms with E-state index in [1.807, 2.05) is 0 Å². The first-order valence-electron chi connectivity index (χ1n) is 12.0. The quantitative estimate of drug-likeness (QED) is 0.220. The fourth-order valence-electron chi connectivity index (χ4n) is 5.81. The average molecular weight is 609 g/mol. The summed E-state index contributed by atoms with van der Waals surface area (Å²) in [5.74, 6) is -0.529. The molecule has 4 heterocycles. The first kappa shape index (κ1) is 23.7. The Kier molecular flexibility index (Phi) is 5.02. The van der Waals surface area contributed by atoms with Crippen LogP contribution in [0.2, 0.25) is 0 Å². The van der Waals surface area contributed by atoms with Gasteiger partial charge in [-0.25, -0.2) is 0 Å². The maximum absolute atomic E-state index is 13.0. The van der Waals surface area contributed by atoms with Crippen LogP contribution >= 0.6 is 11.3 Å². The standard InChI is InChI=1S/C29H27N3O2STe/c1-28(2)18-10-7-8-13-22(18)32-23-19(28)11-9-12-20(23)29(3,4)21-15-16(35-26(21)32)14-17-24(33)30(5)27(36)31(6)25(17)34/h7-15H,1-6H3. The van der Waals surface area contributed by atoms with Crippen molar-refractivity contribution in [1.29, 1.82) is 0 Å². The molecule has 1 fully saturated rings. The normalized spacial score (nSPS) is 19.2. The molecule has 2 aromatic carbocycles. The second kappa shape index (κ2) is 7.64. The monoisotopic (exact) mass is 611 g/mol. The topological polar surface area (TPSA) is 43.9 Å². The van der Waals surface area contributed by atoms with Crippen molar-refractivity contribution >= 4 is 71.2 Å². The van der Waals surface area contributed by atoms with Gasteiger partial charge in [0.2, 0.25) is 0 Å². The number of carbonyl (C=O) groups is 2. The molecule has 3 aliphatic heterocycles. The molecular weight excluding hydrogens is 582 g/mol. The van der Waals surface area contributed by atoms with Crippen LogP contribution in [0.15, 0.2) is 54.1 Å². The number of rotatable bonds is 1. The number of nitrogens with zero attached hydrogens (tertiary/aromatic N) is 3. The molecular formula is C29H27N3O2STe. The minimum atomic E-state index is -0.264. The summed E-state index contributed by atoms with van der Waals surface area (Å²) in [4.78, 5) is 32.5. The number of carbonyl (C=O) groups excluding carboxylic acids is 2. The van der Waals surface area contributed by atoms with Gasteiger partial charge < -0.3 is 0 Å². The van der Waals surface area contributed by atoms with Gasteiger partial charge >= 0.3 is 209 Å². The molecule has 7 heteroatoms. The Bertz CT molecular complexity index is 1520. The number of benzene rings is 2. The van der Waals surface area contributed by atoms with E-state index >= 15 is 0 Å². The molecule has 3 aliphatic rings. The van der Waals surface area contributed by atoms with Gasteiger partial charge in [0.25, 0.3) is 0 Å². The molecule has 0 unspecified atom stereocenters. The van der Waals surface area contributed by atoms with Crippen LogP contribution in [-0.2, 0) is 20.4 Å². The Hall–Kier alpha value is -2.72. The summed E-state index contributed by atoms with van der Waals surface area (Å²) in [5.41, 5.74) is 7.40. The van der Waals surface area contributed by atoms with Crippen LogP contribution in [0.1, 0.15) is 54.8 Å². The predicted molar refractivity (Wildman–Crippen MR) is 148 cm³/mol. The van der Waals surface area contributed by atoms with Crippen LogP contribution in [0, 0.1) is 0 Å². The second-order valence-corrected chi connectivity index (χ2v) is 12.8. The van der Waals surface area contributed by atoms with Crippen LogP contribution in [0.5, 0.6) is 0 Å². The zero-order valence-electron chi connectivity index (χ0n) is 21.2. The molecule has 3 aromatic rings. The molecule has 2 amide bonds. The van der Waals surface area contributed by atoms with E-state index in [1.165, 1.54) is 33.6 Å². The van der Waals surface area contributed by atoms with Gasteiger partial charge in [0.1, 0.15) is 0 Å². The van der Waals surface area contributed by atoms with E-state index in [0.717, 1.165) is 9.88 Å². The third-order valence-corrected chi connectivity index (χ3v) is 10.6. The van der Waals surface area contributed by atoms with Crippen LogP contribution in [0.25, 0.3) is 6.08 Å². The van der Waals surface area contributed by atoms with E-state index in [2.05, 4.69) is 81.1 Å². The van der Waals surface area contributed by atoms with E-state index in [4.69, 9.17) is 0 Å². The van der Waals surface area contributed by atoms with Crippen LogP contribution in [0.4, 0.5) is 16.4 Å². The summed E-state index contributed by atoms with van der Waals surface area (Å²) >= 11 is 3.34. The summed E-state index contributed by atoms with van der Waals surface area (Å²) < 4.78 is 0.639. The molecule has 1 aromatic heterocycles. The number of thiophene rings is 1. The molecule has 0 N–H and O–H groups in total. The molecule has 36 heavy (non-hydrogen) atoms. The van der Waals surface area contributed by atoms with Crippen molar-refractivity contribution in [3.05, 3.63) is 81.2 Å². The fourth-order valence-corrected chi connectivity index (χ4v) is 7.57. The van der Waals surface area contributed by atoms with E-state index in [-0.39, 0.29) is 28.2 Å². The van der Waals surface area contributed by atoms with Gasteiger partial charge in [-0.1, -0.05) is 19.9 Å². The van der Waals surface area contributed by atoms with Gasteiger partial charge in [-0.15, -0.1) is 0 Å². The first-order chi connectivity index (χ1) is 17.0. The third kappa shape index (κ3) is 2.97. The van der Waals surface area contributed by atoms with E-state index in [0.29, 0.717) is 3.80 Å². The predicted octanol–water partition coefficient (Wildman–Crippen LogP) is 5.07. The van der Waals surface area contributed by atoms with Crippen LogP contribution in [-0.4, -0.2) is 61.3 Å². The molecule has 1 saturated heterocycles. The summed E-state index contributed by atoms with van der Waals surface area (Å²) in [7, 11) is 3.42. The van der Waals surface area contributed by atoms with Crippen molar-refractivity contribution in [2.24, 2.45) is 0 Å². The SMILES string of the molecule is CN1C(=O)C(=Cc2cc3c(s2)N2c4ccccc4C(C)(C)c4cccc(c42)C3(C)C)C(=O)N(C)C1=[Te]. The van der Waals surface area contributed by atoms with E-state index < -0.39 is 0 Å². The van der Waals surface area contributed by atoms with Gasteiger partial charge in [-0.2, -0.15) is 0 Å². The van der Waals surface area contributed by atoms with Crippen molar-refractivity contribution in [1.82, 2.24) is 9.80 Å². The molecule has 0 saturated carbocycles. The summed E-state index contributed by atoms with van der Waals surface area (Å²) in [5, 5.41) is 1.15. The van der Waals surface area contributed by atoms with Crippen molar-refractivity contribution in [2.45, 2.75) is 38.5 Å². The summed E-state index contributed by atoms with van der Waals surface area (Å²) in [6.07, 6.45) is 1.77. The Morgan fingerprint density at radius 3 is 2.00 bits per heavy atom.